The van der Waals surface area contributed by atoms with E-state index in [0.717, 1.165) is 70.6 Å². The van der Waals surface area contributed by atoms with Crippen molar-refractivity contribution in [1.29, 1.82) is 0 Å². The zero-order chi connectivity index (χ0) is 30.4. The van der Waals surface area contributed by atoms with E-state index < -0.39 is 30.7 Å². The third kappa shape index (κ3) is 16.1. The molecule has 0 bridgehead atoms. The van der Waals surface area contributed by atoms with Crippen molar-refractivity contribution in [1.82, 2.24) is 0 Å². The molecule has 0 aliphatic carbocycles. The first-order valence-corrected chi connectivity index (χ1v) is 17.6. The zero-order valence-corrected chi connectivity index (χ0v) is 26.6. The van der Waals surface area contributed by atoms with Gasteiger partial charge in [0.1, 0.15) is 0 Å². The first-order valence-electron chi connectivity index (χ1n) is 17.6. The van der Waals surface area contributed by atoms with Crippen LogP contribution in [0.1, 0.15) is 167 Å². The van der Waals surface area contributed by atoms with Crippen molar-refractivity contribution in [2.24, 2.45) is 0 Å². The first-order chi connectivity index (χ1) is 20.4. The van der Waals surface area contributed by atoms with Crippen LogP contribution >= 0.6 is 0 Å². The lowest BCUT2D eigenvalue weighted by Gasteiger charge is -2.22. The van der Waals surface area contributed by atoms with Gasteiger partial charge in [0, 0.05) is 5.57 Å². The van der Waals surface area contributed by atoms with Gasteiger partial charge in [-0.1, -0.05) is 129 Å². The zero-order valence-electron chi connectivity index (χ0n) is 26.6. The SMILES string of the molecule is CCCCCCCCCCCC[C@@H](O)[C@H]1CC[C@H]([C@H](O)CCCCCCCCCCCCC2=C[C@@H](C(F)F)OC2=O)O1. The third-order valence-corrected chi connectivity index (χ3v) is 9.11. The van der Waals surface area contributed by atoms with Crippen LogP contribution in [-0.2, 0) is 14.3 Å². The first kappa shape index (κ1) is 37.1. The van der Waals surface area contributed by atoms with Crippen molar-refractivity contribution in [3.63, 3.8) is 0 Å². The summed E-state index contributed by atoms with van der Waals surface area (Å²) in [5.41, 5.74) is 0.405. The lowest BCUT2D eigenvalue weighted by molar-refractivity contribution is -0.145. The fraction of sp³-hybridized carbons (Fsp3) is 0.914. The molecule has 2 N–H and O–H groups in total. The van der Waals surface area contributed by atoms with Gasteiger partial charge in [-0.05, 0) is 44.6 Å². The van der Waals surface area contributed by atoms with Gasteiger partial charge in [0.05, 0.1) is 24.4 Å². The van der Waals surface area contributed by atoms with E-state index in [9.17, 15) is 23.8 Å². The van der Waals surface area contributed by atoms with E-state index in [-0.39, 0.29) is 12.2 Å². The molecule has 1 saturated heterocycles. The Morgan fingerprint density at radius 2 is 1.10 bits per heavy atom. The number of aliphatic hydroxyl groups excluding tert-OH is 2. The number of hydrogen-bond acceptors (Lipinski definition) is 5. The number of alkyl halides is 2. The minimum Gasteiger partial charge on any atom is -0.449 e. The topological polar surface area (TPSA) is 76.0 Å². The largest absolute Gasteiger partial charge is 0.449 e. The highest BCUT2D eigenvalue weighted by Crippen LogP contribution is 2.29. The molecule has 0 amide bonds. The van der Waals surface area contributed by atoms with Crippen LogP contribution < -0.4 is 0 Å². The van der Waals surface area contributed by atoms with Gasteiger partial charge < -0.3 is 19.7 Å². The molecule has 5 nitrogen and oxygen atoms in total. The van der Waals surface area contributed by atoms with E-state index in [1.807, 2.05) is 0 Å². The van der Waals surface area contributed by atoms with Crippen molar-refractivity contribution >= 4 is 5.97 Å². The van der Waals surface area contributed by atoms with E-state index >= 15 is 0 Å². The summed E-state index contributed by atoms with van der Waals surface area (Å²) in [5, 5.41) is 21.2. The predicted octanol–water partition coefficient (Wildman–Crippen LogP) is 9.36. The molecule has 0 unspecified atom stereocenters. The highest BCUT2D eigenvalue weighted by Gasteiger charge is 2.34. The number of cyclic esters (lactones) is 1. The van der Waals surface area contributed by atoms with Crippen molar-refractivity contribution in [3.8, 4) is 0 Å². The number of esters is 1. The summed E-state index contributed by atoms with van der Waals surface area (Å²) in [6, 6.07) is 0. The Morgan fingerprint density at radius 1 is 0.690 bits per heavy atom. The summed E-state index contributed by atoms with van der Waals surface area (Å²) < 4.78 is 36.0. The minimum absolute atomic E-state index is 0.114. The number of unbranched alkanes of at least 4 members (excludes halogenated alkanes) is 18. The monoisotopic (exact) mass is 600 g/mol. The number of ether oxygens (including phenoxy) is 2. The molecule has 2 aliphatic rings. The molecule has 5 atom stereocenters. The average molecular weight is 601 g/mol. The van der Waals surface area contributed by atoms with Crippen molar-refractivity contribution in [2.45, 2.75) is 204 Å². The lowest BCUT2D eigenvalue weighted by Crippen LogP contribution is -2.31. The van der Waals surface area contributed by atoms with Gasteiger partial charge in [-0.25, -0.2) is 13.6 Å². The fourth-order valence-electron chi connectivity index (χ4n) is 6.36. The lowest BCUT2D eigenvalue weighted by atomic mass is 10.00. The third-order valence-electron chi connectivity index (χ3n) is 9.11. The normalized spacial score (nSPS) is 22.1. The summed E-state index contributed by atoms with van der Waals surface area (Å²) in [6.07, 6.45) is 24.0. The molecule has 1 fully saturated rings. The molecule has 2 rings (SSSR count). The molecular formula is C35H62F2O5. The van der Waals surface area contributed by atoms with E-state index in [1.165, 1.54) is 89.5 Å². The van der Waals surface area contributed by atoms with Crippen molar-refractivity contribution < 1.29 is 33.3 Å². The molecule has 0 aromatic heterocycles. The predicted molar refractivity (Wildman–Crippen MR) is 166 cm³/mol. The Morgan fingerprint density at radius 3 is 1.50 bits per heavy atom. The molecule has 2 heterocycles. The molecule has 7 heteroatoms. The second kappa shape index (κ2) is 23.3. The summed E-state index contributed by atoms with van der Waals surface area (Å²) >= 11 is 0. The second-order valence-corrected chi connectivity index (χ2v) is 12.9. The molecule has 246 valence electrons. The van der Waals surface area contributed by atoms with E-state index in [1.54, 1.807) is 0 Å². The second-order valence-electron chi connectivity index (χ2n) is 12.9. The molecule has 0 spiro atoms. The summed E-state index contributed by atoms with van der Waals surface area (Å²) in [6.45, 7) is 2.26. The highest BCUT2D eigenvalue weighted by molar-refractivity contribution is 5.90. The van der Waals surface area contributed by atoms with Crippen molar-refractivity contribution in [3.05, 3.63) is 11.6 Å². The molecule has 0 radical (unpaired) electrons. The Hall–Kier alpha value is -1.05. The standard InChI is InChI=1S/C35H62F2O5/c1-2-3-4-5-6-7-11-14-17-20-23-29(38)31-25-26-32(41-31)30(39)24-21-18-15-12-9-8-10-13-16-19-22-28-27-33(34(36)37)42-35(28)40/h27,29-34,38-39H,2-26H2,1H3/t29-,30-,31-,32-,33+/m1/s1. The van der Waals surface area contributed by atoms with Crippen LogP contribution in [0.4, 0.5) is 8.78 Å². The van der Waals surface area contributed by atoms with Crippen LogP contribution in [0.25, 0.3) is 0 Å². The Bertz CT molecular complexity index is 715. The Kier molecular flexibility index (Phi) is 20.6. The Labute approximate surface area is 255 Å². The van der Waals surface area contributed by atoms with Gasteiger partial charge in [0.2, 0.25) is 0 Å². The van der Waals surface area contributed by atoms with E-state index in [0.29, 0.717) is 12.0 Å². The summed E-state index contributed by atoms with van der Waals surface area (Å²) in [5.74, 6) is -0.582. The molecule has 0 aromatic rings. The van der Waals surface area contributed by atoms with Gasteiger partial charge in [-0.2, -0.15) is 0 Å². The van der Waals surface area contributed by atoms with Crippen LogP contribution in [0.2, 0.25) is 0 Å². The van der Waals surface area contributed by atoms with Gasteiger partial charge in [0.15, 0.2) is 6.10 Å². The quantitative estimate of drug-likeness (QED) is 0.0726. The van der Waals surface area contributed by atoms with Crippen LogP contribution in [-0.4, -0.2) is 53.1 Å². The smallest absolute Gasteiger partial charge is 0.334 e. The summed E-state index contributed by atoms with van der Waals surface area (Å²) in [4.78, 5) is 11.6. The van der Waals surface area contributed by atoms with Gasteiger partial charge in [-0.15, -0.1) is 0 Å². The van der Waals surface area contributed by atoms with Gasteiger partial charge in [-0.3, -0.25) is 0 Å². The number of rotatable bonds is 27. The minimum atomic E-state index is -2.64. The average Bonchev–Trinajstić information content (AvgIpc) is 3.62. The van der Waals surface area contributed by atoms with Crippen molar-refractivity contribution in [2.75, 3.05) is 0 Å². The van der Waals surface area contributed by atoms with E-state index in [4.69, 9.17) is 4.74 Å². The number of carbonyl (C=O) groups excluding carboxylic acids is 1. The molecule has 0 aromatic carbocycles. The molecule has 2 aliphatic heterocycles. The van der Waals surface area contributed by atoms with Gasteiger partial charge in [0.25, 0.3) is 6.43 Å². The number of aliphatic hydroxyl groups is 2. The molecule has 0 saturated carbocycles. The molecule has 42 heavy (non-hydrogen) atoms. The number of hydrogen-bond donors (Lipinski definition) is 2. The van der Waals surface area contributed by atoms with E-state index in [2.05, 4.69) is 11.7 Å². The maximum Gasteiger partial charge on any atom is 0.334 e. The van der Waals surface area contributed by atoms with Gasteiger partial charge >= 0.3 is 5.97 Å². The highest BCUT2D eigenvalue weighted by atomic mass is 19.3. The van der Waals surface area contributed by atoms with Crippen LogP contribution in [0.15, 0.2) is 11.6 Å². The summed E-state index contributed by atoms with van der Waals surface area (Å²) in [7, 11) is 0. The van der Waals surface area contributed by atoms with Crippen LogP contribution in [0.5, 0.6) is 0 Å². The number of halogens is 2. The Balaban J connectivity index is 1.36. The fourth-order valence-corrected chi connectivity index (χ4v) is 6.36. The maximum absolute atomic E-state index is 12.6. The van der Waals surface area contributed by atoms with Crippen LogP contribution in [0, 0.1) is 0 Å². The number of carbonyl (C=O) groups is 1. The molecular weight excluding hydrogens is 538 g/mol. The maximum atomic E-state index is 12.6. The van der Waals surface area contributed by atoms with Crippen LogP contribution in [0.3, 0.4) is 0 Å².